The van der Waals surface area contributed by atoms with Crippen molar-refractivity contribution < 1.29 is 67.1 Å². The first-order valence-electron chi connectivity index (χ1n) is 8.67. The molecule has 3 heteroatoms. The van der Waals surface area contributed by atoms with Gasteiger partial charge in [0.15, 0.2) is 0 Å². The average molecular weight is 316 g/mol. The molecule has 0 bridgehead atoms. The summed E-state index contributed by atoms with van der Waals surface area (Å²) in [4.78, 5) is 0. The quantitative estimate of drug-likeness (QED) is 0.261. The van der Waals surface area contributed by atoms with Crippen LogP contribution in [0.25, 0.3) is 0 Å². The van der Waals surface area contributed by atoms with E-state index in [4.69, 9.17) is 5.11 Å². The second-order valence-corrected chi connectivity index (χ2v) is 5.66. The third-order valence-corrected chi connectivity index (χ3v) is 3.67. The predicted molar refractivity (Wildman–Crippen MR) is 88.8 cm³/mol. The molecule has 0 unspecified atom stereocenters. The maximum atomic E-state index is 8.66. The summed E-state index contributed by atoms with van der Waals surface area (Å²) in [7, 11) is 0. The molecule has 0 aliphatic rings. The van der Waals surface area contributed by atoms with Gasteiger partial charge in [-0.3, -0.25) is 0 Å². The largest absolute Gasteiger partial charge is 1.00 e. The second kappa shape index (κ2) is 26.6. The van der Waals surface area contributed by atoms with Crippen LogP contribution in [0, 0.1) is 0 Å². The number of hydrogen-bond acceptors (Lipinski definition) is 1. The molecular weight excluding hydrogens is 278 g/mol. The fourth-order valence-electron chi connectivity index (χ4n) is 2.36. The summed E-state index contributed by atoms with van der Waals surface area (Å²) in [5, 5.41) is 8.66. The van der Waals surface area contributed by atoms with Crippen LogP contribution in [0.1, 0.15) is 99.7 Å². The molecule has 0 spiro atoms. The molecule has 1 N–H and O–H groups in total. The van der Waals surface area contributed by atoms with Gasteiger partial charge >= 0.3 is 59.1 Å². The van der Waals surface area contributed by atoms with Gasteiger partial charge in [-0.25, -0.2) is 0 Å². The Balaban J connectivity index is -0.000000270. The van der Waals surface area contributed by atoms with Crippen molar-refractivity contribution in [2.45, 2.75) is 96.8 Å². The normalized spacial score (nSPS) is 10.4. The van der Waals surface area contributed by atoms with Crippen LogP contribution in [0.3, 0.4) is 0 Å². The van der Waals surface area contributed by atoms with E-state index in [0.717, 1.165) is 6.42 Å². The van der Waals surface area contributed by atoms with Crippen molar-refractivity contribution >= 4 is 0 Å². The van der Waals surface area contributed by atoms with Gasteiger partial charge in [-0.2, -0.15) is 0 Å². The first kappa shape index (κ1) is 27.5. The van der Waals surface area contributed by atoms with Crippen molar-refractivity contribution in [2.75, 3.05) is 6.61 Å². The standard InChI is InChI=1S/C18H36O.2Na.2H/c1-2-3-4-5-6-7-8-9-10-11-12-13-14-15-16-17-18-19;;;;/h9-10,19H,2-8,11-18H2,1H3;;;;/q;2*+1;2*-1/b10-9-;;;;. The van der Waals surface area contributed by atoms with E-state index in [9.17, 15) is 0 Å². The van der Waals surface area contributed by atoms with E-state index < -0.39 is 0 Å². The molecular formula is C18H38Na2O. The number of aliphatic hydroxyl groups is 1. The summed E-state index contributed by atoms with van der Waals surface area (Å²) >= 11 is 0. The minimum atomic E-state index is 0. The van der Waals surface area contributed by atoms with Gasteiger partial charge in [0.1, 0.15) is 0 Å². The van der Waals surface area contributed by atoms with Crippen molar-refractivity contribution in [1.29, 1.82) is 0 Å². The van der Waals surface area contributed by atoms with Gasteiger partial charge in [-0.05, 0) is 32.1 Å². The first-order valence-corrected chi connectivity index (χ1v) is 8.67. The third-order valence-electron chi connectivity index (χ3n) is 3.67. The molecule has 0 aromatic heterocycles. The van der Waals surface area contributed by atoms with Gasteiger partial charge in [0, 0.05) is 6.61 Å². The molecule has 118 valence electrons. The number of hydrogen-bond donors (Lipinski definition) is 1. The molecule has 21 heavy (non-hydrogen) atoms. The van der Waals surface area contributed by atoms with Crippen LogP contribution >= 0.6 is 0 Å². The van der Waals surface area contributed by atoms with E-state index in [1.54, 1.807) is 0 Å². The molecule has 0 fully saturated rings. The smallest absolute Gasteiger partial charge is 1.00 e. The Kier molecular flexibility index (Phi) is 34.9. The Bertz CT molecular complexity index is 194. The number of unbranched alkanes of at least 4 members (excludes halogenated alkanes) is 12. The zero-order valence-corrected chi connectivity index (χ0v) is 19.2. The third kappa shape index (κ3) is 26.9. The average Bonchev–Trinajstić information content (AvgIpc) is 2.43. The predicted octanol–water partition coefficient (Wildman–Crippen LogP) is 0.249. The minimum absolute atomic E-state index is 0. The van der Waals surface area contributed by atoms with E-state index in [1.165, 1.54) is 83.5 Å². The molecule has 0 amide bonds. The SMILES string of the molecule is CCCCCCCC/C=C\CCCCCCCCO.[H-].[H-].[Na+].[Na+]. The topological polar surface area (TPSA) is 20.2 Å². The van der Waals surface area contributed by atoms with Crippen LogP contribution in [0.2, 0.25) is 0 Å². The monoisotopic (exact) mass is 316 g/mol. The van der Waals surface area contributed by atoms with Crippen molar-refractivity contribution in [2.24, 2.45) is 0 Å². The van der Waals surface area contributed by atoms with Crippen molar-refractivity contribution in [3.05, 3.63) is 12.2 Å². The number of aliphatic hydroxyl groups excluding tert-OH is 1. The number of allylic oxidation sites excluding steroid dienone is 2. The maximum Gasteiger partial charge on any atom is 1.00 e. The van der Waals surface area contributed by atoms with Crippen molar-refractivity contribution in [3.8, 4) is 0 Å². The zero-order valence-electron chi connectivity index (χ0n) is 17.2. The van der Waals surface area contributed by atoms with Crippen LogP contribution in [0.5, 0.6) is 0 Å². The molecule has 0 radical (unpaired) electrons. The van der Waals surface area contributed by atoms with E-state index in [2.05, 4.69) is 19.1 Å². The summed E-state index contributed by atoms with van der Waals surface area (Å²) in [5.41, 5.74) is 0. The van der Waals surface area contributed by atoms with Crippen LogP contribution in [-0.2, 0) is 0 Å². The van der Waals surface area contributed by atoms with E-state index in [-0.39, 0.29) is 62.0 Å². The summed E-state index contributed by atoms with van der Waals surface area (Å²) in [5.74, 6) is 0. The summed E-state index contributed by atoms with van der Waals surface area (Å²) in [6.45, 7) is 2.64. The molecule has 0 aromatic rings. The maximum absolute atomic E-state index is 8.66. The molecule has 0 aliphatic carbocycles. The second-order valence-electron chi connectivity index (χ2n) is 5.66. The van der Waals surface area contributed by atoms with Gasteiger partial charge in [0.2, 0.25) is 0 Å². The van der Waals surface area contributed by atoms with Gasteiger partial charge in [-0.1, -0.05) is 76.9 Å². The Hall–Kier alpha value is 1.70. The van der Waals surface area contributed by atoms with Gasteiger partial charge in [0.05, 0.1) is 0 Å². The Morgan fingerprint density at radius 1 is 0.619 bits per heavy atom. The van der Waals surface area contributed by atoms with Crippen molar-refractivity contribution in [1.82, 2.24) is 0 Å². The molecule has 0 atom stereocenters. The van der Waals surface area contributed by atoms with Crippen molar-refractivity contribution in [3.63, 3.8) is 0 Å². The molecule has 0 aliphatic heterocycles. The van der Waals surface area contributed by atoms with Crippen LogP contribution < -0.4 is 59.1 Å². The molecule has 0 rings (SSSR count). The van der Waals surface area contributed by atoms with E-state index in [1.807, 2.05) is 0 Å². The fraction of sp³-hybridized carbons (Fsp3) is 0.889. The summed E-state index contributed by atoms with van der Waals surface area (Å²) < 4.78 is 0. The molecule has 0 saturated heterocycles. The van der Waals surface area contributed by atoms with Gasteiger partial charge < -0.3 is 7.96 Å². The number of rotatable bonds is 15. The van der Waals surface area contributed by atoms with Crippen LogP contribution in [0.15, 0.2) is 12.2 Å². The minimum Gasteiger partial charge on any atom is -1.00 e. The Labute approximate surface area is 181 Å². The molecule has 0 saturated carbocycles. The summed E-state index contributed by atoms with van der Waals surface area (Å²) in [6.07, 6.45) is 23.2. The Morgan fingerprint density at radius 2 is 1.00 bits per heavy atom. The first-order chi connectivity index (χ1) is 9.41. The zero-order chi connectivity index (χ0) is 14.0. The molecule has 0 heterocycles. The van der Waals surface area contributed by atoms with Crippen LogP contribution in [-0.4, -0.2) is 11.7 Å². The fourth-order valence-corrected chi connectivity index (χ4v) is 2.36. The van der Waals surface area contributed by atoms with Crippen LogP contribution in [0.4, 0.5) is 0 Å². The molecule has 0 aromatic carbocycles. The summed E-state index contributed by atoms with van der Waals surface area (Å²) in [6, 6.07) is 0. The molecule has 1 nitrogen and oxygen atoms in total. The van der Waals surface area contributed by atoms with E-state index in [0.29, 0.717) is 6.61 Å². The van der Waals surface area contributed by atoms with E-state index >= 15 is 0 Å². The Morgan fingerprint density at radius 3 is 1.43 bits per heavy atom. The van der Waals surface area contributed by atoms with Gasteiger partial charge in [0.25, 0.3) is 0 Å². The van der Waals surface area contributed by atoms with Gasteiger partial charge in [-0.15, -0.1) is 0 Å².